The Hall–Kier alpha value is -1.52. The molecule has 1 fully saturated rings. The fourth-order valence-electron chi connectivity index (χ4n) is 5.57. The van der Waals surface area contributed by atoms with Crippen LogP contribution in [0.2, 0.25) is 0 Å². The number of likely N-dealkylation sites (tertiary alicyclic amines) is 1. The van der Waals surface area contributed by atoms with Gasteiger partial charge in [0, 0.05) is 30.0 Å². The summed E-state index contributed by atoms with van der Waals surface area (Å²) >= 11 is 0. The normalized spacial score (nSPS) is 39.8. The summed E-state index contributed by atoms with van der Waals surface area (Å²) in [4.78, 5) is 2.52. The topological polar surface area (TPSA) is 30.9 Å². The first-order valence-electron chi connectivity index (χ1n) is 8.49. The van der Waals surface area contributed by atoms with Crippen LogP contribution >= 0.6 is 0 Å². The number of nitrogens with zero attached hydrogens (tertiary/aromatic N) is 1. The number of methoxy groups -OCH3 is 2. The summed E-state index contributed by atoms with van der Waals surface area (Å²) in [6.45, 7) is 1.11. The molecular weight excluding hydrogens is 290 g/mol. The number of benzene rings is 1. The van der Waals surface area contributed by atoms with Gasteiger partial charge in [-0.2, -0.15) is 0 Å². The molecule has 122 valence electrons. The van der Waals surface area contributed by atoms with E-state index in [0.717, 1.165) is 30.9 Å². The molecule has 2 heterocycles. The molecule has 0 aromatic heterocycles. The Kier molecular flexibility index (Phi) is 2.73. The van der Waals surface area contributed by atoms with Crippen molar-refractivity contribution in [3.63, 3.8) is 0 Å². The standard InChI is InChI=1S/C19H23NO3/c1-20-9-8-19-12-5-7-15(22-3)18(19)23-17-14(21-2)6-4-11(16(17)19)10-13(12)20/h4-7,12-13,15,18H,8-10H2,1-3H3/t12-,13+,15-,18-,19-/m0/s1. The van der Waals surface area contributed by atoms with Gasteiger partial charge in [0.1, 0.15) is 12.2 Å². The van der Waals surface area contributed by atoms with E-state index in [0.29, 0.717) is 12.0 Å². The third-order valence-corrected chi connectivity index (χ3v) is 6.61. The van der Waals surface area contributed by atoms with Crippen LogP contribution in [0.25, 0.3) is 0 Å². The van der Waals surface area contributed by atoms with Gasteiger partial charge in [-0.1, -0.05) is 18.2 Å². The molecule has 2 aliphatic carbocycles. The van der Waals surface area contributed by atoms with E-state index in [1.165, 1.54) is 11.1 Å². The molecule has 1 aromatic carbocycles. The molecule has 0 amide bonds. The number of hydrogen-bond acceptors (Lipinski definition) is 4. The first kappa shape index (κ1) is 13.9. The van der Waals surface area contributed by atoms with Crippen LogP contribution in [-0.2, 0) is 16.6 Å². The quantitative estimate of drug-likeness (QED) is 0.783. The van der Waals surface area contributed by atoms with Gasteiger partial charge >= 0.3 is 0 Å². The summed E-state index contributed by atoms with van der Waals surface area (Å²) in [5.41, 5.74) is 2.88. The first-order chi connectivity index (χ1) is 11.2. The molecule has 0 N–H and O–H groups in total. The summed E-state index contributed by atoms with van der Waals surface area (Å²) in [5, 5.41) is 0. The van der Waals surface area contributed by atoms with Gasteiger partial charge in [0.15, 0.2) is 11.5 Å². The number of rotatable bonds is 2. The van der Waals surface area contributed by atoms with Crippen LogP contribution in [0, 0.1) is 5.92 Å². The lowest BCUT2D eigenvalue weighted by Gasteiger charge is -2.56. The van der Waals surface area contributed by atoms with Gasteiger partial charge < -0.3 is 19.1 Å². The molecule has 1 spiro atoms. The van der Waals surface area contributed by atoms with Crippen molar-refractivity contribution < 1.29 is 14.2 Å². The van der Waals surface area contributed by atoms with Crippen molar-refractivity contribution >= 4 is 0 Å². The van der Waals surface area contributed by atoms with Crippen LogP contribution in [0.4, 0.5) is 0 Å². The zero-order valence-electron chi connectivity index (χ0n) is 13.9. The summed E-state index contributed by atoms with van der Waals surface area (Å²) in [7, 11) is 5.77. The van der Waals surface area contributed by atoms with Gasteiger partial charge in [-0.15, -0.1) is 0 Å². The lowest BCUT2D eigenvalue weighted by molar-refractivity contribution is -0.0581. The largest absolute Gasteiger partial charge is 0.493 e. The summed E-state index contributed by atoms with van der Waals surface area (Å²) in [5.74, 6) is 2.32. The van der Waals surface area contributed by atoms with Crippen molar-refractivity contribution in [3.05, 3.63) is 35.4 Å². The molecular formula is C19H23NO3. The average Bonchev–Trinajstić information content (AvgIpc) is 2.92. The van der Waals surface area contributed by atoms with Crippen LogP contribution < -0.4 is 9.47 Å². The van der Waals surface area contributed by atoms with Gasteiger partial charge in [-0.3, -0.25) is 0 Å². The molecule has 5 atom stereocenters. The highest BCUT2D eigenvalue weighted by molar-refractivity contribution is 5.62. The fraction of sp³-hybridized carbons (Fsp3) is 0.579. The minimum atomic E-state index is 0.0124. The Balaban J connectivity index is 1.80. The molecule has 0 saturated carbocycles. The SMILES string of the molecule is COc1ccc2c3c1O[C@H]1[C@@H](OC)C=C[C@H]4[C@@H](C2)N(C)CC[C@@]341. The second kappa shape index (κ2) is 4.52. The lowest BCUT2D eigenvalue weighted by atomic mass is 9.53. The van der Waals surface area contributed by atoms with Crippen LogP contribution in [-0.4, -0.2) is 51.0 Å². The third-order valence-electron chi connectivity index (χ3n) is 6.61. The Bertz CT molecular complexity index is 700. The van der Waals surface area contributed by atoms with E-state index in [1.54, 1.807) is 14.2 Å². The Morgan fingerprint density at radius 3 is 2.91 bits per heavy atom. The van der Waals surface area contributed by atoms with Crippen LogP contribution in [0.1, 0.15) is 17.5 Å². The minimum absolute atomic E-state index is 0.0124. The van der Waals surface area contributed by atoms with Gasteiger partial charge in [0.05, 0.1) is 7.11 Å². The third kappa shape index (κ3) is 1.49. The molecule has 23 heavy (non-hydrogen) atoms. The lowest BCUT2D eigenvalue weighted by Crippen LogP contribution is -2.65. The fourth-order valence-corrected chi connectivity index (χ4v) is 5.57. The first-order valence-corrected chi connectivity index (χ1v) is 8.49. The minimum Gasteiger partial charge on any atom is -0.493 e. The van der Waals surface area contributed by atoms with E-state index >= 15 is 0 Å². The second-order valence-corrected chi connectivity index (χ2v) is 7.32. The monoisotopic (exact) mass is 313 g/mol. The van der Waals surface area contributed by atoms with Gasteiger partial charge in [0.25, 0.3) is 0 Å². The van der Waals surface area contributed by atoms with Crippen molar-refractivity contribution in [1.29, 1.82) is 0 Å². The molecule has 4 nitrogen and oxygen atoms in total. The Morgan fingerprint density at radius 2 is 2.13 bits per heavy atom. The van der Waals surface area contributed by atoms with Crippen LogP contribution in [0.15, 0.2) is 24.3 Å². The molecule has 0 unspecified atom stereocenters. The molecule has 2 aliphatic heterocycles. The highest BCUT2D eigenvalue weighted by atomic mass is 16.6. The van der Waals surface area contributed by atoms with E-state index in [1.807, 2.05) is 0 Å². The zero-order valence-corrected chi connectivity index (χ0v) is 13.9. The van der Waals surface area contributed by atoms with Gasteiger partial charge in [-0.25, -0.2) is 0 Å². The predicted octanol–water partition coefficient (Wildman–Crippen LogP) is 2.16. The van der Waals surface area contributed by atoms with Crippen molar-refractivity contribution in [3.8, 4) is 11.5 Å². The number of piperidine rings is 1. The molecule has 4 aliphatic rings. The van der Waals surface area contributed by atoms with Crippen molar-refractivity contribution in [1.82, 2.24) is 4.90 Å². The highest BCUT2D eigenvalue weighted by Gasteiger charge is 2.64. The maximum Gasteiger partial charge on any atom is 0.165 e. The number of likely N-dealkylation sites (N-methyl/N-ethyl adjacent to an activating group) is 1. The van der Waals surface area contributed by atoms with E-state index < -0.39 is 0 Å². The van der Waals surface area contributed by atoms with Crippen molar-refractivity contribution in [2.45, 2.75) is 36.5 Å². The highest BCUT2D eigenvalue weighted by Crippen LogP contribution is 2.62. The molecule has 0 radical (unpaired) electrons. The van der Waals surface area contributed by atoms with E-state index in [4.69, 9.17) is 14.2 Å². The van der Waals surface area contributed by atoms with E-state index in [-0.39, 0.29) is 17.6 Å². The summed E-state index contributed by atoms with van der Waals surface area (Å²) < 4.78 is 17.9. The zero-order chi connectivity index (χ0) is 15.8. The smallest absolute Gasteiger partial charge is 0.165 e. The predicted molar refractivity (Wildman–Crippen MR) is 87.3 cm³/mol. The molecule has 4 heteroatoms. The maximum atomic E-state index is 6.52. The van der Waals surface area contributed by atoms with Crippen molar-refractivity contribution in [2.24, 2.45) is 5.92 Å². The van der Waals surface area contributed by atoms with E-state index in [9.17, 15) is 0 Å². The van der Waals surface area contributed by atoms with Crippen LogP contribution in [0.3, 0.4) is 0 Å². The Labute approximate surface area is 137 Å². The maximum absolute atomic E-state index is 6.52. The molecule has 1 aromatic rings. The number of ether oxygens (including phenoxy) is 3. The summed E-state index contributed by atoms with van der Waals surface area (Å²) in [6, 6.07) is 4.86. The van der Waals surface area contributed by atoms with Gasteiger partial charge in [-0.05, 0) is 38.1 Å². The van der Waals surface area contributed by atoms with Crippen LogP contribution in [0.5, 0.6) is 11.5 Å². The second-order valence-electron chi connectivity index (χ2n) is 7.32. The van der Waals surface area contributed by atoms with Crippen molar-refractivity contribution in [2.75, 3.05) is 27.8 Å². The molecule has 2 bridgehead atoms. The molecule has 1 saturated heterocycles. The number of hydrogen-bond donors (Lipinski definition) is 0. The summed E-state index contributed by atoms with van der Waals surface area (Å²) in [6.07, 6.45) is 6.89. The van der Waals surface area contributed by atoms with Gasteiger partial charge in [0.2, 0.25) is 0 Å². The average molecular weight is 313 g/mol. The Morgan fingerprint density at radius 1 is 1.26 bits per heavy atom. The molecule has 5 rings (SSSR count). The van der Waals surface area contributed by atoms with E-state index in [2.05, 4.69) is 36.2 Å².